The van der Waals surface area contributed by atoms with Gasteiger partial charge in [0.05, 0.1) is 5.69 Å². The van der Waals surface area contributed by atoms with E-state index >= 15 is 0 Å². The van der Waals surface area contributed by atoms with Crippen LogP contribution in [0.4, 0.5) is 4.39 Å². The minimum absolute atomic E-state index is 0.0157. The monoisotopic (exact) mass is 414 g/mol. The van der Waals surface area contributed by atoms with E-state index in [9.17, 15) is 14.0 Å². The maximum atomic E-state index is 13.6. The van der Waals surface area contributed by atoms with E-state index in [4.69, 9.17) is 0 Å². The lowest BCUT2D eigenvalue weighted by Gasteiger charge is -2.31. The Hall–Kier alpha value is -2.58. The number of halogens is 1. The molecule has 0 atom stereocenters. The minimum Gasteiger partial charge on any atom is -0.352 e. The first-order chi connectivity index (χ1) is 14.0. The number of nitrogens with zero attached hydrogens (tertiary/aromatic N) is 3. The van der Waals surface area contributed by atoms with Crippen molar-refractivity contribution in [1.29, 1.82) is 0 Å². The third kappa shape index (κ3) is 4.54. The molecule has 3 heterocycles. The quantitative estimate of drug-likeness (QED) is 0.697. The van der Waals surface area contributed by atoms with Crippen LogP contribution in [-0.2, 0) is 17.9 Å². The standard InChI is InChI=1S/C21H23FN4O2S/c1-14-2-3-15(10-18(14)22)12-23-20(28)16-4-6-25(7-5-16)13-17-11-19(27)26-8-9-29-21(26)24-17/h2-3,8-11,16H,4-7,12-13H2,1H3,(H,23,28). The van der Waals surface area contributed by atoms with Crippen molar-refractivity contribution < 1.29 is 9.18 Å². The summed E-state index contributed by atoms with van der Waals surface area (Å²) >= 11 is 1.44. The fraction of sp³-hybridized carbons (Fsp3) is 0.381. The Morgan fingerprint density at radius 2 is 2.10 bits per heavy atom. The first-order valence-electron chi connectivity index (χ1n) is 9.70. The number of piperidine rings is 1. The van der Waals surface area contributed by atoms with Gasteiger partial charge in [0.25, 0.3) is 5.56 Å². The van der Waals surface area contributed by atoms with Gasteiger partial charge in [-0.15, -0.1) is 11.3 Å². The molecular weight excluding hydrogens is 391 g/mol. The van der Waals surface area contributed by atoms with Crippen molar-refractivity contribution in [3.8, 4) is 0 Å². The molecular formula is C21H23FN4O2S. The second kappa shape index (κ2) is 8.42. The Morgan fingerprint density at radius 1 is 1.31 bits per heavy atom. The summed E-state index contributed by atoms with van der Waals surface area (Å²) in [6.45, 7) is 4.23. The minimum atomic E-state index is -0.251. The third-order valence-corrected chi connectivity index (χ3v) is 6.16. The van der Waals surface area contributed by atoms with Crippen molar-refractivity contribution in [2.75, 3.05) is 13.1 Å². The smallest absolute Gasteiger partial charge is 0.258 e. The lowest BCUT2D eigenvalue weighted by atomic mass is 9.95. The van der Waals surface area contributed by atoms with Crippen molar-refractivity contribution in [1.82, 2.24) is 19.6 Å². The lowest BCUT2D eigenvalue weighted by molar-refractivity contribution is -0.126. The molecule has 1 aromatic carbocycles. The highest BCUT2D eigenvalue weighted by Crippen LogP contribution is 2.19. The number of hydrogen-bond donors (Lipinski definition) is 1. The Kier molecular flexibility index (Phi) is 5.73. The van der Waals surface area contributed by atoms with E-state index in [1.165, 1.54) is 17.4 Å². The number of fused-ring (bicyclic) bond motifs is 1. The van der Waals surface area contributed by atoms with Gasteiger partial charge >= 0.3 is 0 Å². The number of benzene rings is 1. The summed E-state index contributed by atoms with van der Waals surface area (Å²) in [5.74, 6) is -0.277. The van der Waals surface area contributed by atoms with Crippen LogP contribution in [0.1, 0.15) is 29.7 Å². The topological polar surface area (TPSA) is 66.7 Å². The number of nitrogens with one attached hydrogen (secondary N) is 1. The van der Waals surface area contributed by atoms with Gasteiger partial charge < -0.3 is 5.32 Å². The summed E-state index contributed by atoms with van der Waals surface area (Å²) in [6, 6.07) is 6.61. The molecule has 1 saturated heterocycles. The van der Waals surface area contributed by atoms with Gasteiger partial charge in [0.2, 0.25) is 5.91 Å². The summed E-state index contributed by atoms with van der Waals surface area (Å²) in [5, 5.41) is 4.78. The molecule has 2 aromatic heterocycles. The van der Waals surface area contributed by atoms with Crippen molar-refractivity contribution in [3.05, 3.63) is 68.8 Å². The van der Waals surface area contributed by atoms with E-state index in [0.717, 1.165) is 37.2 Å². The van der Waals surface area contributed by atoms with Crippen molar-refractivity contribution in [2.45, 2.75) is 32.9 Å². The molecule has 0 bridgehead atoms. The second-order valence-electron chi connectivity index (χ2n) is 7.49. The number of aryl methyl sites for hydroxylation is 1. The first kappa shape index (κ1) is 19.7. The summed E-state index contributed by atoms with van der Waals surface area (Å²) in [5.41, 5.74) is 2.07. The summed E-state index contributed by atoms with van der Waals surface area (Å²) < 4.78 is 15.2. The predicted octanol–water partition coefficient (Wildman–Crippen LogP) is 2.73. The molecule has 4 rings (SSSR count). The van der Waals surface area contributed by atoms with Crippen LogP contribution in [0.25, 0.3) is 4.96 Å². The number of hydrogen-bond acceptors (Lipinski definition) is 5. The largest absolute Gasteiger partial charge is 0.352 e. The van der Waals surface area contributed by atoms with Crippen LogP contribution in [-0.4, -0.2) is 33.3 Å². The molecule has 0 saturated carbocycles. The molecule has 0 unspecified atom stereocenters. The zero-order valence-corrected chi connectivity index (χ0v) is 17.0. The van der Waals surface area contributed by atoms with E-state index in [1.807, 2.05) is 11.4 Å². The van der Waals surface area contributed by atoms with E-state index in [1.54, 1.807) is 29.7 Å². The van der Waals surface area contributed by atoms with Crippen LogP contribution in [0, 0.1) is 18.7 Å². The molecule has 1 aliphatic heterocycles. The van der Waals surface area contributed by atoms with Crippen LogP contribution >= 0.6 is 11.3 Å². The van der Waals surface area contributed by atoms with Crippen LogP contribution < -0.4 is 10.9 Å². The maximum Gasteiger partial charge on any atom is 0.258 e. The Bertz CT molecular complexity index is 1090. The van der Waals surface area contributed by atoms with E-state index in [2.05, 4.69) is 15.2 Å². The number of rotatable bonds is 5. The van der Waals surface area contributed by atoms with Gasteiger partial charge in [0.1, 0.15) is 5.82 Å². The van der Waals surface area contributed by atoms with Gasteiger partial charge in [-0.25, -0.2) is 9.37 Å². The van der Waals surface area contributed by atoms with Gasteiger partial charge in [-0.1, -0.05) is 12.1 Å². The van der Waals surface area contributed by atoms with Gasteiger partial charge in [0, 0.05) is 36.7 Å². The summed E-state index contributed by atoms with van der Waals surface area (Å²) in [6.07, 6.45) is 3.25. The molecule has 6 nitrogen and oxygen atoms in total. The fourth-order valence-corrected chi connectivity index (χ4v) is 4.37. The summed E-state index contributed by atoms with van der Waals surface area (Å²) in [7, 11) is 0. The lowest BCUT2D eigenvalue weighted by Crippen LogP contribution is -2.40. The maximum absolute atomic E-state index is 13.6. The molecule has 0 spiro atoms. The highest BCUT2D eigenvalue weighted by atomic mass is 32.1. The summed E-state index contributed by atoms with van der Waals surface area (Å²) in [4.78, 5) is 32.1. The molecule has 0 radical (unpaired) electrons. The van der Waals surface area contributed by atoms with Gasteiger partial charge in [0.15, 0.2) is 4.96 Å². The molecule has 1 aliphatic rings. The van der Waals surface area contributed by atoms with E-state index in [-0.39, 0.29) is 23.2 Å². The number of carbonyl (C=O) groups excluding carboxylic acids is 1. The fourth-order valence-electron chi connectivity index (χ4n) is 3.63. The van der Waals surface area contributed by atoms with E-state index in [0.29, 0.717) is 23.6 Å². The zero-order valence-electron chi connectivity index (χ0n) is 16.2. The number of thiazole rings is 1. The van der Waals surface area contributed by atoms with Crippen molar-refractivity contribution >= 4 is 22.2 Å². The number of aromatic nitrogens is 2. The predicted molar refractivity (Wildman–Crippen MR) is 110 cm³/mol. The van der Waals surface area contributed by atoms with Crippen LogP contribution in [0.2, 0.25) is 0 Å². The van der Waals surface area contributed by atoms with Crippen molar-refractivity contribution in [3.63, 3.8) is 0 Å². The Morgan fingerprint density at radius 3 is 2.86 bits per heavy atom. The molecule has 1 fully saturated rings. The highest BCUT2D eigenvalue weighted by molar-refractivity contribution is 7.15. The van der Waals surface area contributed by atoms with Crippen LogP contribution in [0.5, 0.6) is 0 Å². The van der Waals surface area contributed by atoms with E-state index < -0.39 is 0 Å². The molecule has 3 aromatic rings. The molecule has 8 heteroatoms. The number of amides is 1. The third-order valence-electron chi connectivity index (χ3n) is 5.40. The molecule has 1 amide bonds. The SMILES string of the molecule is Cc1ccc(CNC(=O)C2CCN(Cc3cc(=O)n4ccsc4n3)CC2)cc1F. The molecule has 1 N–H and O–H groups in total. The normalized spacial score (nSPS) is 15.7. The second-order valence-corrected chi connectivity index (χ2v) is 8.37. The molecule has 152 valence electrons. The number of carbonyl (C=O) groups is 1. The average Bonchev–Trinajstić information content (AvgIpc) is 3.18. The molecule has 29 heavy (non-hydrogen) atoms. The van der Waals surface area contributed by atoms with Gasteiger partial charge in [-0.2, -0.15) is 0 Å². The zero-order chi connectivity index (χ0) is 20.4. The highest BCUT2D eigenvalue weighted by Gasteiger charge is 2.25. The Balaban J connectivity index is 1.28. The van der Waals surface area contributed by atoms with Crippen LogP contribution in [0.15, 0.2) is 40.6 Å². The van der Waals surface area contributed by atoms with Gasteiger partial charge in [-0.3, -0.25) is 18.9 Å². The Labute approximate surface area is 172 Å². The number of likely N-dealkylation sites (tertiary alicyclic amines) is 1. The molecule has 0 aliphatic carbocycles. The van der Waals surface area contributed by atoms with Gasteiger partial charge in [-0.05, 0) is 50.0 Å². The van der Waals surface area contributed by atoms with Crippen molar-refractivity contribution in [2.24, 2.45) is 5.92 Å². The first-order valence-corrected chi connectivity index (χ1v) is 10.6. The van der Waals surface area contributed by atoms with Crippen LogP contribution in [0.3, 0.4) is 0 Å². The average molecular weight is 415 g/mol.